The van der Waals surface area contributed by atoms with Crippen LogP contribution >= 0.6 is 0 Å². The fourth-order valence-corrected chi connectivity index (χ4v) is 2.55. The molecule has 0 aliphatic carbocycles. The van der Waals surface area contributed by atoms with Crippen molar-refractivity contribution in [1.29, 1.82) is 0 Å². The summed E-state index contributed by atoms with van der Waals surface area (Å²) in [5, 5.41) is 3.44. The zero-order chi connectivity index (χ0) is 18.7. The van der Waals surface area contributed by atoms with Crippen molar-refractivity contribution in [2.24, 2.45) is 0 Å². The Kier molecular flexibility index (Phi) is 9.38. The number of hydrogen-bond donors (Lipinski definition) is 1. The summed E-state index contributed by atoms with van der Waals surface area (Å²) in [6.45, 7) is 13.6. The molecule has 0 spiro atoms. The average molecular weight is 341 g/mol. The Hall–Kier alpha value is -2.29. The maximum absolute atomic E-state index is 12.3. The first-order valence-electron chi connectivity index (χ1n) is 9.14. The van der Waals surface area contributed by atoms with Crippen LogP contribution in [-0.4, -0.2) is 23.9 Å². The van der Waals surface area contributed by atoms with Gasteiger partial charge in [0, 0.05) is 30.9 Å². The summed E-state index contributed by atoms with van der Waals surface area (Å²) in [5.74, 6) is 0.207. The third-order valence-corrected chi connectivity index (χ3v) is 4.00. The van der Waals surface area contributed by atoms with E-state index in [-0.39, 0.29) is 5.91 Å². The normalized spacial score (nSPS) is 11.6. The summed E-state index contributed by atoms with van der Waals surface area (Å²) >= 11 is 0. The lowest BCUT2D eigenvalue weighted by molar-refractivity contribution is -0.130. The van der Waals surface area contributed by atoms with Gasteiger partial charge in [0.25, 0.3) is 0 Å². The minimum atomic E-state index is 0.207. The summed E-state index contributed by atoms with van der Waals surface area (Å²) in [5.41, 5.74) is 4.15. The Morgan fingerprint density at radius 2 is 2.00 bits per heavy atom. The van der Waals surface area contributed by atoms with Crippen LogP contribution in [0.25, 0.3) is 0 Å². The van der Waals surface area contributed by atoms with E-state index in [4.69, 9.17) is 0 Å². The van der Waals surface area contributed by atoms with Crippen LogP contribution in [0.3, 0.4) is 0 Å². The first-order chi connectivity index (χ1) is 12.0. The second-order valence-electron chi connectivity index (χ2n) is 6.21. The number of rotatable bonds is 10. The number of anilines is 1. The maximum atomic E-state index is 12.3. The second-order valence-corrected chi connectivity index (χ2v) is 6.21. The third-order valence-electron chi connectivity index (χ3n) is 4.00. The summed E-state index contributed by atoms with van der Waals surface area (Å²) in [4.78, 5) is 14.1. The lowest BCUT2D eigenvalue weighted by Gasteiger charge is -2.21. The van der Waals surface area contributed by atoms with Gasteiger partial charge in [-0.15, -0.1) is 0 Å². The van der Waals surface area contributed by atoms with Gasteiger partial charge < -0.3 is 10.2 Å². The number of aryl methyl sites for hydroxylation is 1. The van der Waals surface area contributed by atoms with Crippen LogP contribution in [0.15, 0.2) is 60.3 Å². The van der Waals surface area contributed by atoms with Crippen molar-refractivity contribution in [2.75, 3.05) is 18.4 Å². The Morgan fingerprint density at radius 1 is 1.28 bits per heavy atom. The molecule has 1 rings (SSSR count). The molecule has 3 heteroatoms. The van der Waals surface area contributed by atoms with Gasteiger partial charge in [0.1, 0.15) is 0 Å². The first-order valence-corrected chi connectivity index (χ1v) is 9.14. The zero-order valence-corrected chi connectivity index (χ0v) is 16.1. The van der Waals surface area contributed by atoms with E-state index in [0.717, 1.165) is 29.8 Å². The molecule has 136 valence electrons. The molecule has 0 bridgehead atoms. The number of carbonyl (C=O) groups excluding carboxylic acids is 1. The number of carbonyl (C=O) groups is 1. The van der Waals surface area contributed by atoms with Crippen LogP contribution in [0.2, 0.25) is 0 Å². The van der Waals surface area contributed by atoms with Crippen molar-refractivity contribution in [2.45, 2.75) is 47.0 Å². The van der Waals surface area contributed by atoms with Gasteiger partial charge in [-0.2, -0.15) is 0 Å². The predicted molar refractivity (Wildman–Crippen MR) is 109 cm³/mol. The molecule has 1 amide bonds. The van der Waals surface area contributed by atoms with Crippen LogP contribution in [0, 0.1) is 6.92 Å². The summed E-state index contributed by atoms with van der Waals surface area (Å²) in [6.07, 6.45) is 8.63. The van der Waals surface area contributed by atoms with E-state index in [1.807, 2.05) is 49.1 Å². The van der Waals surface area contributed by atoms with Crippen LogP contribution in [0.1, 0.15) is 45.6 Å². The molecular formula is C22H32N2O. The Labute approximate surface area is 153 Å². The number of para-hydroxylation sites is 1. The van der Waals surface area contributed by atoms with Crippen molar-refractivity contribution in [3.63, 3.8) is 0 Å². The van der Waals surface area contributed by atoms with Gasteiger partial charge in [0.05, 0.1) is 0 Å². The van der Waals surface area contributed by atoms with Gasteiger partial charge in [-0.25, -0.2) is 0 Å². The van der Waals surface area contributed by atoms with Gasteiger partial charge in [-0.3, -0.25) is 4.79 Å². The smallest absolute Gasteiger partial charge is 0.222 e. The lowest BCUT2D eigenvalue weighted by atomic mass is 10.1. The summed E-state index contributed by atoms with van der Waals surface area (Å²) in [6, 6.07) is 8.18. The standard InChI is InChI=1S/C22H32N2O/c1-6-9-15-22(25)24(8-3)17-18(4)16-20(12-7-2)23-21-14-11-10-13-19(21)5/h7,10-14,16,23H,4,6,8-9,15,17H2,1-3,5H3/b12-7-,20-16+. The molecule has 0 aliphatic heterocycles. The molecule has 0 radical (unpaired) electrons. The van der Waals surface area contributed by atoms with Crippen molar-refractivity contribution >= 4 is 11.6 Å². The molecule has 0 aliphatic rings. The number of allylic oxidation sites excluding steroid dienone is 2. The zero-order valence-electron chi connectivity index (χ0n) is 16.1. The van der Waals surface area contributed by atoms with Crippen LogP contribution in [0.4, 0.5) is 5.69 Å². The minimum Gasteiger partial charge on any atom is -0.355 e. The summed E-state index contributed by atoms with van der Waals surface area (Å²) < 4.78 is 0. The summed E-state index contributed by atoms with van der Waals surface area (Å²) in [7, 11) is 0. The molecule has 0 unspecified atom stereocenters. The highest BCUT2D eigenvalue weighted by Crippen LogP contribution is 2.17. The number of likely N-dealkylation sites (N-methyl/N-ethyl adjacent to an activating group) is 1. The largest absolute Gasteiger partial charge is 0.355 e. The number of nitrogens with zero attached hydrogens (tertiary/aromatic N) is 1. The molecule has 0 fully saturated rings. The molecule has 1 aromatic carbocycles. The lowest BCUT2D eigenvalue weighted by Crippen LogP contribution is -2.32. The number of amides is 1. The quantitative estimate of drug-likeness (QED) is 0.573. The van der Waals surface area contributed by atoms with Crippen molar-refractivity contribution in [3.8, 4) is 0 Å². The van der Waals surface area contributed by atoms with E-state index >= 15 is 0 Å². The van der Waals surface area contributed by atoms with E-state index in [0.29, 0.717) is 19.5 Å². The molecule has 0 atom stereocenters. The molecule has 0 heterocycles. The predicted octanol–water partition coefficient (Wildman–Crippen LogP) is 5.46. The number of benzene rings is 1. The Morgan fingerprint density at radius 3 is 2.60 bits per heavy atom. The van der Waals surface area contributed by atoms with Crippen molar-refractivity contribution in [3.05, 3.63) is 65.9 Å². The van der Waals surface area contributed by atoms with E-state index in [1.165, 1.54) is 5.56 Å². The molecule has 0 saturated heterocycles. The van der Waals surface area contributed by atoms with E-state index in [2.05, 4.69) is 37.9 Å². The van der Waals surface area contributed by atoms with Crippen LogP contribution in [0.5, 0.6) is 0 Å². The minimum absolute atomic E-state index is 0.207. The molecule has 3 nitrogen and oxygen atoms in total. The highest BCUT2D eigenvalue weighted by molar-refractivity contribution is 5.76. The molecule has 1 aromatic rings. The second kappa shape index (κ2) is 11.3. The Bertz CT molecular complexity index is 629. The van der Waals surface area contributed by atoms with E-state index in [1.54, 1.807) is 0 Å². The molecule has 1 N–H and O–H groups in total. The van der Waals surface area contributed by atoms with Crippen molar-refractivity contribution in [1.82, 2.24) is 4.90 Å². The molecule has 25 heavy (non-hydrogen) atoms. The fourth-order valence-electron chi connectivity index (χ4n) is 2.55. The highest BCUT2D eigenvalue weighted by Gasteiger charge is 2.11. The average Bonchev–Trinajstić information content (AvgIpc) is 2.59. The van der Waals surface area contributed by atoms with Gasteiger partial charge in [0.2, 0.25) is 5.91 Å². The molecular weight excluding hydrogens is 308 g/mol. The molecule has 0 aromatic heterocycles. The van der Waals surface area contributed by atoms with Gasteiger partial charge in [-0.05, 0) is 56.5 Å². The Balaban J connectivity index is 2.81. The van der Waals surface area contributed by atoms with Gasteiger partial charge in [0.15, 0.2) is 0 Å². The van der Waals surface area contributed by atoms with Crippen molar-refractivity contribution < 1.29 is 4.79 Å². The first kappa shape index (κ1) is 20.8. The third kappa shape index (κ3) is 7.42. The van der Waals surface area contributed by atoms with Gasteiger partial charge in [-0.1, -0.05) is 44.2 Å². The molecule has 0 saturated carbocycles. The number of unbranched alkanes of at least 4 members (excludes halogenated alkanes) is 1. The van der Waals surface area contributed by atoms with E-state index < -0.39 is 0 Å². The number of nitrogens with one attached hydrogen (secondary N) is 1. The maximum Gasteiger partial charge on any atom is 0.222 e. The SMILES string of the molecule is C=C(/C=C(\C=C/C)Nc1ccccc1C)CN(CC)C(=O)CCCC. The van der Waals surface area contributed by atoms with Crippen LogP contribution in [-0.2, 0) is 4.79 Å². The highest BCUT2D eigenvalue weighted by atomic mass is 16.2. The van der Waals surface area contributed by atoms with E-state index in [9.17, 15) is 4.79 Å². The topological polar surface area (TPSA) is 32.3 Å². The monoisotopic (exact) mass is 340 g/mol. The van der Waals surface area contributed by atoms with Crippen LogP contribution < -0.4 is 5.32 Å². The fraction of sp³-hybridized carbons (Fsp3) is 0.409. The number of hydrogen-bond acceptors (Lipinski definition) is 2. The van der Waals surface area contributed by atoms with Gasteiger partial charge >= 0.3 is 0 Å².